The van der Waals surface area contributed by atoms with Crippen LogP contribution in [0.15, 0.2) is 24.3 Å². The standard InChI is InChI=1S/C15H20N4O2/c16-15(21)18-12-3-1-2-10(8-12)14(20)19-7-6-11-4-5-13(9-19)17-11/h1-3,8,11,13,17H,4-7,9H2,(H3,16,18,21). The minimum absolute atomic E-state index is 0.0115. The van der Waals surface area contributed by atoms with Gasteiger partial charge in [0.2, 0.25) is 0 Å². The number of primary amides is 1. The van der Waals surface area contributed by atoms with Crippen molar-refractivity contribution in [2.24, 2.45) is 5.73 Å². The van der Waals surface area contributed by atoms with Crippen molar-refractivity contribution in [1.82, 2.24) is 10.2 Å². The van der Waals surface area contributed by atoms with E-state index in [1.165, 1.54) is 6.42 Å². The number of amides is 3. The van der Waals surface area contributed by atoms with E-state index in [4.69, 9.17) is 5.73 Å². The molecule has 0 aromatic heterocycles. The molecule has 2 atom stereocenters. The van der Waals surface area contributed by atoms with E-state index in [2.05, 4.69) is 10.6 Å². The largest absolute Gasteiger partial charge is 0.351 e. The average molecular weight is 288 g/mol. The van der Waals surface area contributed by atoms with E-state index >= 15 is 0 Å². The lowest BCUT2D eigenvalue weighted by Crippen LogP contribution is -2.39. The number of likely N-dealkylation sites (tertiary alicyclic amines) is 1. The fourth-order valence-electron chi connectivity index (χ4n) is 3.18. The van der Waals surface area contributed by atoms with Crippen LogP contribution in [0.1, 0.15) is 29.6 Å². The third-order valence-electron chi connectivity index (χ3n) is 4.19. The third-order valence-corrected chi connectivity index (χ3v) is 4.19. The number of carbonyl (C=O) groups is 2. The Morgan fingerprint density at radius 3 is 2.86 bits per heavy atom. The number of hydrogen-bond donors (Lipinski definition) is 3. The molecule has 2 aliphatic rings. The van der Waals surface area contributed by atoms with E-state index in [9.17, 15) is 9.59 Å². The van der Waals surface area contributed by atoms with Gasteiger partial charge in [-0.1, -0.05) is 6.07 Å². The molecule has 0 spiro atoms. The van der Waals surface area contributed by atoms with Gasteiger partial charge in [-0.05, 0) is 37.5 Å². The fourth-order valence-corrected chi connectivity index (χ4v) is 3.18. The van der Waals surface area contributed by atoms with E-state index < -0.39 is 6.03 Å². The number of carbonyl (C=O) groups excluding carboxylic acids is 2. The highest BCUT2D eigenvalue weighted by Gasteiger charge is 2.31. The molecule has 6 heteroatoms. The normalized spacial score (nSPS) is 24.5. The number of hydrogen-bond acceptors (Lipinski definition) is 3. The molecule has 112 valence electrons. The van der Waals surface area contributed by atoms with Gasteiger partial charge in [-0.15, -0.1) is 0 Å². The summed E-state index contributed by atoms with van der Waals surface area (Å²) < 4.78 is 0. The Balaban J connectivity index is 1.73. The van der Waals surface area contributed by atoms with Gasteiger partial charge in [0.05, 0.1) is 0 Å². The minimum Gasteiger partial charge on any atom is -0.351 e. The molecule has 6 nitrogen and oxygen atoms in total. The van der Waals surface area contributed by atoms with Crippen LogP contribution in [0.3, 0.4) is 0 Å². The zero-order valence-corrected chi connectivity index (χ0v) is 11.8. The van der Waals surface area contributed by atoms with Crippen molar-refractivity contribution in [2.75, 3.05) is 18.4 Å². The van der Waals surface area contributed by atoms with Crippen molar-refractivity contribution in [3.05, 3.63) is 29.8 Å². The van der Waals surface area contributed by atoms with Crippen LogP contribution in [0, 0.1) is 0 Å². The van der Waals surface area contributed by atoms with Gasteiger partial charge in [-0.3, -0.25) is 4.79 Å². The summed E-state index contributed by atoms with van der Waals surface area (Å²) in [5.41, 5.74) is 6.23. The Bertz CT molecular complexity index is 560. The maximum absolute atomic E-state index is 12.6. The lowest BCUT2D eigenvalue weighted by molar-refractivity contribution is 0.0748. The number of anilines is 1. The van der Waals surface area contributed by atoms with Crippen LogP contribution < -0.4 is 16.4 Å². The summed E-state index contributed by atoms with van der Waals surface area (Å²) in [4.78, 5) is 25.4. The molecule has 2 unspecified atom stereocenters. The van der Waals surface area contributed by atoms with Gasteiger partial charge in [0.25, 0.3) is 5.91 Å². The highest BCUT2D eigenvalue weighted by Crippen LogP contribution is 2.22. The first-order valence-corrected chi connectivity index (χ1v) is 7.33. The number of benzene rings is 1. The Kier molecular flexibility index (Phi) is 3.79. The molecule has 0 radical (unpaired) electrons. The van der Waals surface area contributed by atoms with Gasteiger partial charge in [0.1, 0.15) is 0 Å². The van der Waals surface area contributed by atoms with Gasteiger partial charge in [0, 0.05) is 36.4 Å². The van der Waals surface area contributed by atoms with Crippen molar-refractivity contribution in [3.8, 4) is 0 Å². The smallest absolute Gasteiger partial charge is 0.316 e. The highest BCUT2D eigenvalue weighted by molar-refractivity contribution is 5.96. The van der Waals surface area contributed by atoms with Crippen LogP contribution in [-0.2, 0) is 0 Å². The Labute approximate surface area is 123 Å². The van der Waals surface area contributed by atoms with Crippen LogP contribution in [0.2, 0.25) is 0 Å². The van der Waals surface area contributed by atoms with Crippen LogP contribution >= 0.6 is 0 Å². The molecule has 1 aromatic rings. The van der Waals surface area contributed by atoms with Gasteiger partial charge in [-0.25, -0.2) is 4.79 Å². The predicted octanol–water partition coefficient (Wildman–Crippen LogP) is 1.14. The molecule has 2 bridgehead atoms. The first kappa shape index (κ1) is 13.9. The van der Waals surface area contributed by atoms with Crippen molar-refractivity contribution in [1.29, 1.82) is 0 Å². The van der Waals surface area contributed by atoms with E-state index in [-0.39, 0.29) is 5.91 Å². The maximum atomic E-state index is 12.6. The second-order valence-corrected chi connectivity index (χ2v) is 5.75. The van der Waals surface area contributed by atoms with E-state index in [0.29, 0.717) is 23.3 Å². The summed E-state index contributed by atoms with van der Waals surface area (Å²) in [5, 5.41) is 6.06. The lowest BCUT2D eigenvalue weighted by Gasteiger charge is -2.24. The summed E-state index contributed by atoms with van der Waals surface area (Å²) in [6.07, 6.45) is 3.35. The number of nitrogens with one attached hydrogen (secondary N) is 2. The quantitative estimate of drug-likeness (QED) is 0.762. The first-order chi connectivity index (χ1) is 10.1. The lowest BCUT2D eigenvalue weighted by atomic mass is 10.1. The number of fused-ring (bicyclic) bond motifs is 2. The summed E-state index contributed by atoms with van der Waals surface area (Å²) >= 11 is 0. The van der Waals surface area contributed by atoms with Gasteiger partial charge in [0.15, 0.2) is 0 Å². The molecular weight excluding hydrogens is 268 g/mol. The monoisotopic (exact) mass is 288 g/mol. The van der Waals surface area contributed by atoms with Crippen molar-refractivity contribution < 1.29 is 9.59 Å². The van der Waals surface area contributed by atoms with E-state index in [0.717, 1.165) is 25.9 Å². The van der Waals surface area contributed by atoms with Gasteiger partial charge >= 0.3 is 6.03 Å². The van der Waals surface area contributed by atoms with E-state index in [1.807, 2.05) is 4.90 Å². The Hall–Kier alpha value is -2.08. The van der Waals surface area contributed by atoms with Crippen molar-refractivity contribution in [3.63, 3.8) is 0 Å². The van der Waals surface area contributed by atoms with E-state index in [1.54, 1.807) is 24.3 Å². The molecule has 2 aliphatic heterocycles. The molecule has 4 N–H and O–H groups in total. The molecular formula is C15H20N4O2. The highest BCUT2D eigenvalue weighted by atomic mass is 16.2. The third kappa shape index (κ3) is 3.16. The summed E-state index contributed by atoms with van der Waals surface area (Å²) in [7, 11) is 0. The molecule has 3 amide bonds. The average Bonchev–Trinajstić information content (AvgIpc) is 2.77. The Morgan fingerprint density at radius 2 is 2.05 bits per heavy atom. The van der Waals surface area contributed by atoms with Crippen LogP contribution in [0.4, 0.5) is 10.5 Å². The molecule has 2 fully saturated rings. The molecule has 2 saturated heterocycles. The maximum Gasteiger partial charge on any atom is 0.316 e. The Morgan fingerprint density at radius 1 is 1.24 bits per heavy atom. The second-order valence-electron chi connectivity index (χ2n) is 5.75. The van der Waals surface area contributed by atoms with Crippen LogP contribution in [0.5, 0.6) is 0 Å². The summed E-state index contributed by atoms with van der Waals surface area (Å²) in [5.74, 6) is 0.0115. The summed E-state index contributed by atoms with van der Waals surface area (Å²) in [6, 6.07) is 7.24. The summed E-state index contributed by atoms with van der Waals surface area (Å²) in [6.45, 7) is 1.53. The molecule has 2 heterocycles. The fraction of sp³-hybridized carbons (Fsp3) is 0.467. The SMILES string of the molecule is NC(=O)Nc1cccc(C(=O)N2CCC3CCC(C2)N3)c1. The number of urea groups is 1. The van der Waals surface area contributed by atoms with Crippen molar-refractivity contribution in [2.45, 2.75) is 31.3 Å². The molecule has 1 aromatic carbocycles. The second kappa shape index (κ2) is 5.73. The number of nitrogens with two attached hydrogens (primary N) is 1. The first-order valence-electron chi connectivity index (χ1n) is 7.33. The minimum atomic E-state index is -0.629. The molecule has 0 aliphatic carbocycles. The number of rotatable bonds is 2. The van der Waals surface area contributed by atoms with Crippen LogP contribution in [-0.4, -0.2) is 42.0 Å². The van der Waals surface area contributed by atoms with Gasteiger partial charge in [-0.2, -0.15) is 0 Å². The van der Waals surface area contributed by atoms with Gasteiger partial charge < -0.3 is 21.3 Å². The zero-order chi connectivity index (χ0) is 14.8. The zero-order valence-electron chi connectivity index (χ0n) is 11.8. The molecule has 3 rings (SSSR count). The topological polar surface area (TPSA) is 87.5 Å². The molecule has 21 heavy (non-hydrogen) atoms. The predicted molar refractivity (Wildman–Crippen MR) is 80.1 cm³/mol. The number of nitrogens with zero attached hydrogens (tertiary/aromatic N) is 1. The molecule has 0 saturated carbocycles. The van der Waals surface area contributed by atoms with Crippen molar-refractivity contribution >= 4 is 17.6 Å². The van der Waals surface area contributed by atoms with Crippen LogP contribution in [0.25, 0.3) is 0 Å².